The van der Waals surface area contributed by atoms with Gasteiger partial charge in [-0.05, 0) is 24.3 Å². The SMILES string of the molecule is O=c1c([C@@H]2O[C@H](CO)[C@@H](O)[C@H](O)[C@H]2O)c(-c2ccc(O)cc2)oc2c([C@@H]3O[C@@H](CO)[C@@H](O)[C@H](O)[C@H]3O)c(O)cc(O)c12. The van der Waals surface area contributed by atoms with Gasteiger partial charge < -0.3 is 70.1 Å². The number of aliphatic hydroxyl groups is 8. The summed E-state index contributed by atoms with van der Waals surface area (Å²) in [6.07, 6.45) is -17.4. The number of hydrogen-bond donors (Lipinski definition) is 11. The molecule has 0 saturated carbocycles. The highest BCUT2D eigenvalue weighted by Crippen LogP contribution is 2.46. The third kappa shape index (κ3) is 4.79. The van der Waals surface area contributed by atoms with Crippen molar-refractivity contribution < 1.29 is 70.1 Å². The van der Waals surface area contributed by atoms with Gasteiger partial charge in [-0.15, -0.1) is 0 Å². The molecule has 15 nitrogen and oxygen atoms in total. The molecule has 0 unspecified atom stereocenters. The number of aromatic hydroxyl groups is 3. The van der Waals surface area contributed by atoms with E-state index in [0.29, 0.717) is 0 Å². The molecule has 0 aliphatic carbocycles. The number of fused-ring (bicyclic) bond motifs is 1. The van der Waals surface area contributed by atoms with Crippen LogP contribution in [0.3, 0.4) is 0 Å². The second kappa shape index (κ2) is 11.4. The molecule has 0 radical (unpaired) electrons. The Morgan fingerprint density at radius 2 is 1.14 bits per heavy atom. The molecule has 3 aromatic rings. The fourth-order valence-corrected chi connectivity index (χ4v) is 5.41. The Bertz CT molecular complexity index is 1500. The van der Waals surface area contributed by atoms with Gasteiger partial charge in [0.1, 0.15) is 89.4 Å². The Labute approximate surface area is 235 Å². The van der Waals surface area contributed by atoms with Crippen LogP contribution in [0.15, 0.2) is 39.5 Å². The van der Waals surface area contributed by atoms with Crippen molar-refractivity contribution in [3.05, 3.63) is 51.7 Å². The first kappa shape index (κ1) is 30.1. The van der Waals surface area contributed by atoms with Crippen molar-refractivity contribution in [2.45, 2.75) is 61.0 Å². The Hall–Kier alpha value is -3.35. The molecular weight excluding hydrogens is 564 g/mol. The molecule has 2 saturated heterocycles. The summed E-state index contributed by atoms with van der Waals surface area (Å²) in [5.41, 5.74) is -2.46. The van der Waals surface area contributed by atoms with Gasteiger partial charge in [0.05, 0.1) is 24.3 Å². The summed E-state index contributed by atoms with van der Waals surface area (Å²) in [5.74, 6) is -2.13. The highest BCUT2D eigenvalue weighted by Gasteiger charge is 2.48. The van der Waals surface area contributed by atoms with Gasteiger partial charge in [-0.2, -0.15) is 0 Å². The van der Waals surface area contributed by atoms with E-state index in [1.54, 1.807) is 0 Å². The minimum Gasteiger partial charge on any atom is -0.508 e. The lowest BCUT2D eigenvalue weighted by atomic mass is 9.87. The molecule has 15 heteroatoms. The van der Waals surface area contributed by atoms with Gasteiger partial charge in [0, 0.05) is 11.6 Å². The van der Waals surface area contributed by atoms with E-state index in [2.05, 4.69) is 0 Å². The van der Waals surface area contributed by atoms with Gasteiger partial charge in [-0.25, -0.2) is 0 Å². The van der Waals surface area contributed by atoms with E-state index in [1.807, 2.05) is 0 Å². The predicted molar refractivity (Wildman–Crippen MR) is 138 cm³/mol. The molecule has 11 N–H and O–H groups in total. The van der Waals surface area contributed by atoms with Crippen molar-refractivity contribution in [2.75, 3.05) is 13.2 Å². The highest BCUT2D eigenvalue weighted by atomic mass is 16.6. The summed E-state index contributed by atoms with van der Waals surface area (Å²) in [6.45, 7) is -1.61. The molecule has 228 valence electrons. The minimum atomic E-state index is -1.94. The molecular formula is C27H30O15. The maximum Gasteiger partial charge on any atom is 0.203 e. The monoisotopic (exact) mass is 594 g/mol. The molecule has 1 aromatic heterocycles. The zero-order valence-electron chi connectivity index (χ0n) is 21.6. The van der Waals surface area contributed by atoms with Crippen LogP contribution in [0.4, 0.5) is 0 Å². The first-order chi connectivity index (χ1) is 19.9. The number of rotatable bonds is 5. The van der Waals surface area contributed by atoms with E-state index in [9.17, 15) is 61.0 Å². The van der Waals surface area contributed by atoms with Crippen LogP contribution in [-0.4, -0.2) is 118 Å². The lowest BCUT2D eigenvalue weighted by Crippen LogP contribution is -2.56. The summed E-state index contributed by atoms with van der Waals surface area (Å²) >= 11 is 0. The molecule has 2 aliphatic heterocycles. The van der Waals surface area contributed by atoms with E-state index < -0.39 is 113 Å². The first-order valence-corrected chi connectivity index (χ1v) is 12.9. The Balaban J connectivity index is 1.82. The van der Waals surface area contributed by atoms with Crippen molar-refractivity contribution in [1.29, 1.82) is 0 Å². The van der Waals surface area contributed by atoms with Gasteiger partial charge in [-0.3, -0.25) is 4.79 Å². The molecule has 2 aromatic carbocycles. The molecule has 0 spiro atoms. The maximum atomic E-state index is 14.1. The number of hydrogen-bond acceptors (Lipinski definition) is 15. The van der Waals surface area contributed by atoms with E-state index >= 15 is 0 Å². The molecule has 0 bridgehead atoms. The van der Waals surface area contributed by atoms with Crippen molar-refractivity contribution in [1.82, 2.24) is 0 Å². The molecule has 42 heavy (non-hydrogen) atoms. The predicted octanol–water partition coefficient (Wildman–Crippen LogP) is -2.39. The largest absolute Gasteiger partial charge is 0.508 e. The third-order valence-corrected chi connectivity index (χ3v) is 7.68. The van der Waals surface area contributed by atoms with Gasteiger partial charge in [0.15, 0.2) is 5.58 Å². The molecule has 2 aliphatic rings. The van der Waals surface area contributed by atoms with Crippen LogP contribution in [0, 0.1) is 0 Å². The molecule has 5 rings (SSSR count). The standard InChI is InChI=1S/C27H30O15/c28-6-12-17(33)20(36)22(38)26(40-12)15-11(32)5-10(31)14-19(35)16(27-23(39)21(37)18(34)13(7-29)41-27)24(42-25(14)15)8-1-3-9(30)4-2-8/h1-5,12-13,17-18,20-23,26-34,36-39H,6-7H2/t12-,13+,17+,18+,20-,21-,22+,23+,26-,27-/m0/s1. The van der Waals surface area contributed by atoms with Crippen molar-refractivity contribution in [2.24, 2.45) is 0 Å². The normalized spacial score (nSPS) is 33.6. The summed E-state index contributed by atoms with van der Waals surface area (Å²) in [7, 11) is 0. The van der Waals surface area contributed by atoms with Crippen LogP contribution in [0.25, 0.3) is 22.3 Å². The first-order valence-electron chi connectivity index (χ1n) is 12.9. The summed E-state index contributed by atoms with van der Waals surface area (Å²) in [5, 5.41) is 113. The zero-order chi connectivity index (χ0) is 30.6. The lowest BCUT2D eigenvalue weighted by Gasteiger charge is -2.41. The van der Waals surface area contributed by atoms with Gasteiger partial charge in [-0.1, -0.05) is 0 Å². The Morgan fingerprint density at radius 3 is 1.64 bits per heavy atom. The van der Waals surface area contributed by atoms with Gasteiger partial charge >= 0.3 is 0 Å². The van der Waals surface area contributed by atoms with Crippen molar-refractivity contribution in [3.8, 4) is 28.6 Å². The highest BCUT2D eigenvalue weighted by molar-refractivity contribution is 5.90. The number of ether oxygens (including phenoxy) is 2. The van der Waals surface area contributed by atoms with Crippen LogP contribution in [-0.2, 0) is 9.47 Å². The number of benzene rings is 2. The van der Waals surface area contributed by atoms with Crippen LogP contribution >= 0.6 is 0 Å². The minimum absolute atomic E-state index is 0.0846. The number of phenolic OH excluding ortho intramolecular Hbond substituents is 3. The van der Waals surface area contributed by atoms with Crippen molar-refractivity contribution in [3.63, 3.8) is 0 Å². The van der Waals surface area contributed by atoms with Crippen LogP contribution < -0.4 is 5.43 Å². The van der Waals surface area contributed by atoms with Crippen LogP contribution in [0.1, 0.15) is 23.3 Å². The summed E-state index contributed by atoms with van der Waals surface area (Å²) < 4.78 is 17.2. The van der Waals surface area contributed by atoms with Crippen LogP contribution in [0.5, 0.6) is 17.2 Å². The van der Waals surface area contributed by atoms with Crippen molar-refractivity contribution >= 4 is 11.0 Å². The second-order valence-corrected chi connectivity index (χ2v) is 10.3. The van der Waals surface area contributed by atoms with E-state index in [1.165, 1.54) is 24.3 Å². The zero-order valence-corrected chi connectivity index (χ0v) is 21.6. The second-order valence-electron chi connectivity index (χ2n) is 10.3. The van der Waals surface area contributed by atoms with Crippen LogP contribution in [0.2, 0.25) is 0 Å². The lowest BCUT2D eigenvalue weighted by molar-refractivity contribution is -0.232. The van der Waals surface area contributed by atoms with Gasteiger partial charge in [0.25, 0.3) is 0 Å². The molecule has 10 atom stereocenters. The van der Waals surface area contributed by atoms with E-state index in [0.717, 1.165) is 6.07 Å². The Morgan fingerprint density at radius 1 is 0.643 bits per heavy atom. The molecule has 0 amide bonds. The fraction of sp³-hybridized carbons (Fsp3) is 0.444. The molecule has 2 fully saturated rings. The number of aliphatic hydroxyl groups excluding tert-OH is 8. The smallest absolute Gasteiger partial charge is 0.203 e. The third-order valence-electron chi connectivity index (χ3n) is 7.68. The topological polar surface area (TPSA) is 271 Å². The Kier molecular flexibility index (Phi) is 8.16. The molecule has 3 heterocycles. The summed E-state index contributed by atoms with van der Waals surface area (Å²) in [6, 6.07) is 5.81. The fourth-order valence-electron chi connectivity index (χ4n) is 5.41. The average molecular weight is 595 g/mol. The average Bonchev–Trinajstić information content (AvgIpc) is 2.96. The van der Waals surface area contributed by atoms with E-state index in [-0.39, 0.29) is 17.1 Å². The van der Waals surface area contributed by atoms with E-state index in [4.69, 9.17) is 13.9 Å². The quantitative estimate of drug-likeness (QED) is 0.147. The van der Waals surface area contributed by atoms with Gasteiger partial charge in [0.2, 0.25) is 5.43 Å². The number of phenols is 3. The maximum absolute atomic E-state index is 14.1. The summed E-state index contributed by atoms with van der Waals surface area (Å²) in [4.78, 5) is 14.1.